The number of nitrogens with two attached hydrogens (primary N) is 1. The number of imidazole rings is 1. The first-order chi connectivity index (χ1) is 21.3. The second-order valence-corrected chi connectivity index (χ2v) is 10.7. The molecule has 232 valence electrons. The number of carbonyl (C=O) groups is 2. The summed E-state index contributed by atoms with van der Waals surface area (Å²) in [6.07, 6.45) is -4.77. The molecule has 0 aliphatic carbocycles. The van der Waals surface area contributed by atoms with Crippen molar-refractivity contribution in [3.05, 3.63) is 72.1 Å². The fraction of sp³-hybridized carbons (Fsp3) is 0.345. The molecule has 44 heavy (non-hydrogen) atoms. The smallest absolute Gasteiger partial charge is 0.338 e. The van der Waals surface area contributed by atoms with E-state index in [1.54, 1.807) is 61.5 Å². The molecule has 1 fully saturated rings. The van der Waals surface area contributed by atoms with Crippen LogP contribution in [0.15, 0.2) is 66.1 Å². The number of esters is 2. The van der Waals surface area contributed by atoms with Crippen LogP contribution < -0.4 is 10.5 Å². The average molecular weight is 626 g/mol. The van der Waals surface area contributed by atoms with Crippen molar-refractivity contribution in [3.63, 3.8) is 0 Å². The third-order valence-corrected chi connectivity index (χ3v) is 7.76. The predicted octanol–water partition coefficient (Wildman–Crippen LogP) is 1.59. The van der Waals surface area contributed by atoms with E-state index in [1.165, 1.54) is 10.9 Å². The first-order valence-corrected chi connectivity index (χ1v) is 14.7. The van der Waals surface area contributed by atoms with Gasteiger partial charge in [-0.1, -0.05) is 30.0 Å². The van der Waals surface area contributed by atoms with Crippen molar-refractivity contribution >= 4 is 40.7 Å². The van der Waals surface area contributed by atoms with Crippen molar-refractivity contribution in [1.29, 1.82) is 0 Å². The largest absolute Gasteiger partial charge is 0.491 e. The summed E-state index contributed by atoms with van der Waals surface area (Å²) >= 11 is 1.12. The van der Waals surface area contributed by atoms with Crippen molar-refractivity contribution in [2.24, 2.45) is 0 Å². The van der Waals surface area contributed by atoms with E-state index >= 15 is 0 Å². The highest BCUT2D eigenvalue weighted by molar-refractivity contribution is 7.99. The number of hydrogen-bond donors (Lipinski definition) is 4. The molecule has 1 aliphatic heterocycles. The zero-order valence-corrected chi connectivity index (χ0v) is 24.4. The zero-order valence-electron chi connectivity index (χ0n) is 23.6. The van der Waals surface area contributed by atoms with E-state index in [0.29, 0.717) is 16.9 Å². The lowest BCUT2D eigenvalue weighted by atomic mass is 10.1. The number of nitrogens with zero attached hydrogens (tertiary/aromatic N) is 4. The lowest BCUT2D eigenvalue weighted by molar-refractivity contribution is -0.0597. The molecule has 0 bridgehead atoms. The Morgan fingerprint density at radius 3 is 2.45 bits per heavy atom. The number of thioether (sulfide) groups is 1. The number of rotatable bonds is 12. The van der Waals surface area contributed by atoms with Crippen molar-refractivity contribution < 1.29 is 43.9 Å². The number of benzene rings is 2. The number of fused-ring (bicyclic) bond motifs is 1. The zero-order chi connectivity index (χ0) is 31.2. The van der Waals surface area contributed by atoms with Crippen LogP contribution in [0.5, 0.6) is 5.75 Å². The maximum Gasteiger partial charge on any atom is 0.338 e. The second kappa shape index (κ2) is 14.0. The molecule has 5 rings (SSSR count). The number of hydrogen-bond acceptors (Lipinski definition) is 14. The lowest BCUT2D eigenvalue weighted by Gasteiger charge is -2.19. The van der Waals surface area contributed by atoms with Crippen LogP contribution in [0.4, 0.5) is 5.82 Å². The van der Waals surface area contributed by atoms with E-state index in [-0.39, 0.29) is 47.7 Å². The molecule has 2 aromatic heterocycles. The van der Waals surface area contributed by atoms with E-state index in [0.717, 1.165) is 11.8 Å². The van der Waals surface area contributed by atoms with Crippen molar-refractivity contribution in [2.75, 3.05) is 31.3 Å². The van der Waals surface area contributed by atoms with E-state index in [1.807, 2.05) is 0 Å². The van der Waals surface area contributed by atoms with Gasteiger partial charge in [-0.3, -0.25) is 4.57 Å². The molecule has 0 saturated carbocycles. The van der Waals surface area contributed by atoms with E-state index in [4.69, 9.17) is 24.7 Å². The number of nitrogen functional groups attached to an aromatic ring is 1. The Kier molecular flexibility index (Phi) is 9.92. The highest BCUT2D eigenvalue weighted by Gasteiger charge is 2.46. The van der Waals surface area contributed by atoms with Crippen LogP contribution in [0.25, 0.3) is 11.2 Å². The Labute approximate surface area is 255 Å². The number of carbonyl (C=O) groups excluding carboxylic acids is 2. The summed E-state index contributed by atoms with van der Waals surface area (Å²) in [5, 5.41) is 32.6. The number of aliphatic hydroxyl groups is 3. The molecular weight excluding hydrogens is 594 g/mol. The maximum absolute atomic E-state index is 12.4. The minimum atomic E-state index is -1.44. The summed E-state index contributed by atoms with van der Waals surface area (Å²) in [6.45, 7) is 1.61. The molecule has 1 unspecified atom stereocenters. The lowest BCUT2D eigenvalue weighted by Crippen LogP contribution is -2.34. The number of aromatic nitrogens is 4. The number of aliphatic hydroxyl groups excluding tert-OH is 3. The van der Waals surface area contributed by atoms with Crippen LogP contribution >= 0.6 is 11.8 Å². The quantitative estimate of drug-likeness (QED) is 0.131. The molecule has 0 radical (unpaired) electrons. The Hall–Kier alpha value is -4.28. The summed E-state index contributed by atoms with van der Waals surface area (Å²) in [4.78, 5) is 37.0. The molecule has 2 aromatic carbocycles. The molecule has 1 aliphatic rings. The first-order valence-electron chi connectivity index (χ1n) is 13.7. The fourth-order valence-corrected chi connectivity index (χ4v) is 5.37. The van der Waals surface area contributed by atoms with E-state index < -0.39 is 42.6 Å². The molecule has 0 amide bonds. The second-order valence-electron chi connectivity index (χ2n) is 9.73. The Morgan fingerprint density at radius 1 is 1.02 bits per heavy atom. The average Bonchev–Trinajstić information content (AvgIpc) is 3.55. The molecule has 5 N–H and O–H groups in total. The van der Waals surface area contributed by atoms with Gasteiger partial charge < -0.3 is 40.0 Å². The molecule has 15 heteroatoms. The van der Waals surface area contributed by atoms with Gasteiger partial charge in [-0.2, -0.15) is 0 Å². The summed E-state index contributed by atoms with van der Waals surface area (Å²) in [7, 11) is 0. The molecular formula is C29H31N5O9S. The highest BCUT2D eigenvalue weighted by Crippen LogP contribution is 2.36. The number of anilines is 1. The van der Waals surface area contributed by atoms with Gasteiger partial charge in [0.15, 0.2) is 28.4 Å². The van der Waals surface area contributed by atoms with Crippen molar-refractivity contribution in [1.82, 2.24) is 19.5 Å². The van der Waals surface area contributed by atoms with Gasteiger partial charge in [0.25, 0.3) is 0 Å². The monoisotopic (exact) mass is 625 g/mol. The van der Waals surface area contributed by atoms with Gasteiger partial charge in [0.2, 0.25) is 0 Å². The van der Waals surface area contributed by atoms with Gasteiger partial charge in [-0.05, 0) is 43.3 Å². The number of ether oxygens (including phenoxy) is 4. The molecule has 5 atom stereocenters. The minimum absolute atomic E-state index is 0.0654. The molecule has 4 aromatic rings. The maximum atomic E-state index is 12.4. The highest BCUT2D eigenvalue weighted by atomic mass is 32.2. The van der Waals surface area contributed by atoms with Gasteiger partial charge in [-0.15, -0.1) is 0 Å². The summed E-state index contributed by atoms with van der Waals surface area (Å²) in [5.41, 5.74) is 7.23. The fourth-order valence-electron chi connectivity index (χ4n) is 4.45. The van der Waals surface area contributed by atoms with Gasteiger partial charge in [-0.25, -0.2) is 24.5 Å². The normalized spacial score (nSPS) is 20.4. The Morgan fingerprint density at radius 2 is 1.73 bits per heavy atom. The predicted molar refractivity (Wildman–Crippen MR) is 157 cm³/mol. The van der Waals surface area contributed by atoms with Gasteiger partial charge in [0.1, 0.15) is 43.6 Å². The van der Waals surface area contributed by atoms with E-state index in [9.17, 15) is 24.9 Å². The minimum Gasteiger partial charge on any atom is -0.491 e. The molecule has 1 saturated heterocycles. The van der Waals surface area contributed by atoms with Gasteiger partial charge in [0.05, 0.1) is 23.8 Å². The van der Waals surface area contributed by atoms with Crippen LogP contribution in [0, 0.1) is 0 Å². The molecule has 14 nitrogen and oxygen atoms in total. The van der Waals surface area contributed by atoms with Crippen LogP contribution in [-0.4, -0.2) is 96.8 Å². The van der Waals surface area contributed by atoms with Crippen LogP contribution in [0.2, 0.25) is 0 Å². The Bertz CT molecular complexity index is 1590. The van der Waals surface area contributed by atoms with Crippen molar-refractivity contribution in [3.8, 4) is 5.75 Å². The van der Waals surface area contributed by atoms with Gasteiger partial charge >= 0.3 is 11.9 Å². The van der Waals surface area contributed by atoms with E-state index in [2.05, 4.69) is 15.0 Å². The topological polar surface area (TPSA) is 201 Å². The third-order valence-electron chi connectivity index (χ3n) is 6.67. The van der Waals surface area contributed by atoms with Crippen LogP contribution in [-0.2, 0) is 14.2 Å². The third kappa shape index (κ3) is 6.92. The SMILES string of the molecule is CCOC(=O)c1ccc(OCC(O)CSc2nc3c(N)ncnc3n2[C@@H]2O[C@H](COC(=O)c3ccccc3)[C@@H](O)[C@H]2O)cc1. The van der Waals surface area contributed by atoms with Crippen LogP contribution in [0.1, 0.15) is 33.9 Å². The van der Waals surface area contributed by atoms with Crippen LogP contribution in [0.3, 0.4) is 0 Å². The standard InChI is InChI=1S/C29H31N5O9S/c1-2-40-27(38)17-8-10-19(11-9-17)41-12-18(35)14-44-29-33-21-24(30)31-15-32-25(21)34(29)26-23(37)22(36)20(43-26)13-42-28(39)16-6-4-3-5-7-16/h3-11,15,18,20,22-23,26,35-37H,2,12-14H2,1H3,(H2,30,31,32)/t18?,20-,22-,23-,26-/m1/s1. The molecule has 0 spiro atoms. The molecule has 3 heterocycles. The summed E-state index contributed by atoms with van der Waals surface area (Å²) in [5.74, 6) is -0.386. The first kappa shape index (κ1) is 31.2. The summed E-state index contributed by atoms with van der Waals surface area (Å²) in [6, 6.07) is 14.7. The van der Waals surface area contributed by atoms with Crippen molar-refractivity contribution in [2.45, 2.75) is 42.7 Å². The Balaban J connectivity index is 1.25. The van der Waals surface area contributed by atoms with Gasteiger partial charge in [0, 0.05) is 5.75 Å². The summed E-state index contributed by atoms with van der Waals surface area (Å²) < 4.78 is 23.4.